The fourth-order valence-electron chi connectivity index (χ4n) is 1.42. The Labute approximate surface area is 101 Å². The monoisotopic (exact) mass is 237 g/mol. The van der Waals surface area contributed by atoms with Gasteiger partial charge < -0.3 is 21.5 Å². The molecular weight excluding hydrogens is 218 g/mol. The summed E-state index contributed by atoms with van der Waals surface area (Å²) in [6, 6.07) is 7.23. The first-order valence-electron chi connectivity index (χ1n) is 5.52. The molecule has 1 rings (SSSR count). The predicted octanol–water partition coefficient (Wildman–Crippen LogP) is -0.360. The Morgan fingerprint density at radius 1 is 1.53 bits per heavy atom. The zero-order chi connectivity index (χ0) is 12.7. The molecule has 0 aromatic heterocycles. The van der Waals surface area contributed by atoms with E-state index in [1.807, 2.05) is 24.3 Å². The van der Waals surface area contributed by atoms with Crippen molar-refractivity contribution in [2.45, 2.75) is 12.5 Å². The highest BCUT2D eigenvalue weighted by atomic mass is 16.5. The first kappa shape index (κ1) is 13.5. The van der Waals surface area contributed by atoms with Crippen molar-refractivity contribution in [2.24, 2.45) is 11.5 Å². The van der Waals surface area contributed by atoms with Crippen molar-refractivity contribution >= 4 is 5.91 Å². The maximum absolute atomic E-state index is 10.7. The second kappa shape index (κ2) is 6.88. The number of carbonyl (C=O) groups is 1. The van der Waals surface area contributed by atoms with E-state index in [0.29, 0.717) is 6.54 Å². The number of amides is 1. The fourth-order valence-corrected chi connectivity index (χ4v) is 1.42. The van der Waals surface area contributed by atoms with E-state index in [0.717, 1.165) is 18.7 Å². The van der Waals surface area contributed by atoms with Crippen molar-refractivity contribution in [1.82, 2.24) is 5.32 Å². The molecule has 1 aromatic carbocycles. The van der Waals surface area contributed by atoms with Gasteiger partial charge in [-0.3, -0.25) is 4.79 Å². The van der Waals surface area contributed by atoms with Gasteiger partial charge in [0, 0.05) is 6.54 Å². The topological polar surface area (TPSA) is 90.4 Å². The molecule has 0 spiro atoms. The highest BCUT2D eigenvalue weighted by Crippen LogP contribution is 2.12. The van der Waals surface area contributed by atoms with Gasteiger partial charge in [-0.15, -0.1) is 0 Å². The molecule has 0 aliphatic heterocycles. The standard InChI is InChI=1S/C12H19N3O2/c1-17-10-4-2-3-9(7-10)5-6-15-8-11(13)12(14)16/h2-4,7,11,15H,5-6,8,13H2,1H3,(H2,14,16). The molecule has 0 heterocycles. The minimum absolute atomic E-state index is 0.402. The minimum atomic E-state index is -0.625. The average molecular weight is 237 g/mol. The second-order valence-electron chi connectivity index (χ2n) is 3.81. The van der Waals surface area contributed by atoms with Gasteiger partial charge in [-0.1, -0.05) is 12.1 Å². The molecule has 0 saturated carbocycles. The summed E-state index contributed by atoms with van der Waals surface area (Å²) in [6.07, 6.45) is 0.850. The third kappa shape index (κ3) is 4.84. The molecule has 0 bridgehead atoms. The fraction of sp³-hybridized carbons (Fsp3) is 0.417. The van der Waals surface area contributed by atoms with Crippen LogP contribution >= 0.6 is 0 Å². The van der Waals surface area contributed by atoms with Crippen LogP contribution in [0.4, 0.5) is 0 Å². The van der Waals surface area contributed by atoms with E-state index in [4.69, 9.17) is 16.2 Å². The van der Waals surface area contributed by atoms with Crippen molar-refractivity contribution in [1.29, 1.82) is 0 Å². The van der Waals surface area contributed by atoms with E-state index in [9.17, 15) is 4.79 Å². The first-order valence-corrected chi connectivity index (χ1v) is 5.52. The van der Waals surface area contributed by atoms with E-state index in [2.05, 4.69) is 5.32 Å². The highest BCUT2D eigenvalue weighted by molar-refractivity contribution is 5.79. The lowest BCUT2D eigenvalue weighted by atomic mass is 10.1. The smallest absolute Gasteiger partial charge is 0.235 e. The van der Waals surface area contributed by atoms with Gasteiger partial charge >= 0.3 is 0 Å². The van der Waals surface area contributed by atoms with Gasteiger partial charge in [0.15, 0.2) is 0 Å². The molecule has 17 heavy (non-hydrogen) atoms. The van der Waals surface area contributed by atoms with Crippen LogP contribution in [0.5, 0.6) is 5.75 Å². The lowest BCUT2D eigenvalue weighted by Crippen LogP contribution is -2.44. The number of primary amides is 1. The van der Waals surface area contributed by atoms with Crippen LogP contribution in [0.3, 0.4) is 0 Å². The number of carbonyl (C=O) groups excluding carboxylic acids is 1. The van der Waals surface area contributed by atoms with E-state index in [1.54, 1.807) is 7.11 Å². The van der Waals surface area contributed by atoms with E-state index < -0.39 is 11.9 Å². The number of ether oxygens (including phenoxy) is 1. The zero-order valence-electron chi connectivity index (χ0n) is 9.98. The lowest BCUT2D eigenvalue weighted by molar-refractivity contribution is -0.119. The Balaban J connectivity index is 2.28. The Bertz CT molecular complexity index is 369. The molecule has 0 aliphatic carbocycles. The average Bonchev–Trinajstić information content (AvgIpc) is 2.34. The van der Waals surface area contributed by atoms with Gasteiger partial charge in [0.05, 0.1) is 13.2 Å². The van der Waals surface area contributed by atoms with Gasteiger partial charge in [-0.25, -0.2) is 0 Å². The predicted molar refractivity (Wildman–Crippen MR) is 66.7 cm³/mol. The molecule has 5 N–H and O–H groups in total. The molecule has 0 saturated heterocycles. The number of nitrogens with one attached hydrogen (secondary N) is 1. The molecular formula is C12H19N3O2. The summed E-state index contributed by atoms with van der Waals surface area (Å²) in [5.41, 5.74) is 11.7. The van der Waals surface area contributed by atoms with E-state index in [1.165, 1.54) is 5.56 Å². The molecule has 1 unspecified atom stereocenters. The van der Waals surface area contributed by atoms with Crippen molar-refractivity contribution in [3.8, 4) is 5.75 Å². The number of nitrogens with two attached hydrogens (primary N) is 2. The molecule has 0 radical (unpaired) electrons. The largest absolute Gasteiger partial charge is 0.497 e. The van der Waals surface area contributed by atoms with Crippen LogP contribution in [0, 0.1) is 0 Å². The van der Waals surface area contributed by atoms with Crippen LogP contribution in [0.2, 0.25) is 0 Å². The minimum Gasteiger partial charge on any atom is -0.497 e. The quantitative estimate of drug-likeness (QED) is 0.565. The van der Waals surface area contributed by atoms with Crippen LogP contribution in [0.25, 0.3) is 0 Å². The van der Waals surface area contributed by atoms with Gasteiger partial charge in [0.2, 0.25) is 5.91 Å². The molecule has 1 aromatic rings. The van der Waals surface area contributed by atoms with Crippen LogP contribution in [-0.4, -0.2) is 32.1 Å². The summed E-state index contributed by atoms with van der Waals surface area (Å²) in [7, 11) is 1.64. The summed E-state index contributed by atoms with van der Waals surface area (Å²) in [6.45, 7) is 1.15. The van der Waals surface area contributed by atoms with Gasteiger partial charge in [0.1, 0.15) is 5.75 Å². The zero-order valence-corrected chi connectivity index (χ0v) is 9.98. The maximum Gasteiger partial charge on any atom is 0.235 e. The van der Waals surface area contributed by atoms with Crippen LogP contribution < -0.4 is 21.5 Å². The summed E-state index contributed by atoms with van der Waals surface area (Å²) in [5.74, 6) is 0.357. The summed E-state index contributed by atoms with van der Waals surface area (Å²) in [5, 5.41) is 3.09. The summed E-state index contributed by atoms with van der Waals surface area (Å²) in [4.78, 5) is 10.7. The lowest BCUT2D eigenvalue weighted by Gasteiger charge is -2.09. The first-order chi connectivity index (χ1) is 8.13. The van der Waals surface area contributed by atoms with Gasteiger partial charge in [0.25, 0.3) is 0 Å². The molecule has 94 valence electrons. The number of methoxy groups -OCH3 is 1. The third-order valence-corrected chi connectivity index (χ3v) is 2.45. The third-order valence-electron chi connectivity index (χ3n) is 2.45. The Morgan fingerprint density at radius 3 is 2.94 bits per heavy atom. The normalized spacial score (nSPS) is 12.1. The number of rotatable bonds is 7. The van der Waals surface area contributed by atoms with Gasteiger partial charge in [-0.05, 0) is 30.7 Å². The van der Waals surface area contributed by atoms with E-state index in [-0.39, 0.29) is 0 Å². The molecule has 1 amide bonds. The SMILES string of the molecule is COc1cccc(CCNCC(N)C(N)=O)c1. The molecule has 5 heteroatoms. The summed E-state index contributed by atoms with van der Waals surface area (Å²) >= 11 is 0. The van der Waals surface area contributed by atoms with Crippen molar-refractivity contribution in [3.63, 3.8) is 0 Å². The van der Waals surface area contributed by atoms with Gasteiger partial charge in [-0.2, -0.15) is 0 Å². The maximum atomic E-state index is 10.7. The second-order valence-corrected chi connectivity index (χ2v) is 3.81. The van der Waals surface area contributed by atoms with Crippen LogP contribution in [-0.2, 0) is 11.2 Å². The van der Waals surface area contributed by atoms with Crippen molar-refractivity contribution in [2.75, 3.05) is 20.2 Å². The number of hydrogen-bond donors (Lipinski definition) is 3. The Hall–Kier alpha value is -1.59. The number of benzene rings is 1. The van der Waals surface area contributed by atoms with Crippen molar-refractivity contribution < 1.29 is 9.53 Å². The Kier molecular flexibility index (Phi) is 5.45. The molecule has 5 nitrogen and oxygen atoms in total. The highest BCUT2D eigenvalue weighted by Gasteiger charge is 2.07. The molecule has 0 fully saturated rings. The molecule has 0 aliphatic rings. The van der Waals surface area contributed by atoms with Crippen molar-refractivity contribution in [3.05, 3.63) is 29.8 Å². The van der Waals surface area contributed by atoms with Crippen LogP contribution in [0.15, 0.2) is 24.3 Å². The number of hydrogen-bond acceptors (Lipinski definition) is 4. The van der Waals surface area contributed by atoms with E-state index >= 15 is 0 Å². The van der Waals surface area contributed by atoms with Crippen LogP contribution in [0.1, 0.15) is 5.56 Å². The summed E-state index contributed by atoms with van der Waals surface area (Å²) < 4.78 is 5.13. The Morgan fingerprint density at radius 2 is 2.29 bits per heavy atom. The molecule has 1 atom stereocenters.